The van der Waals surface area contributed by atoms with Crippen molar-refractivity contribution in [2.45, 2.75) is 13.0 Å². The van der Waals surface area contributed by atoms with Crippen LogP contribution < -0.4 is 11.3 Å². The molecule has 0 radical (unpaired) electrons. The lowest BCUT2D eigenvalue weighted by Crippen LogP contribution is -2.49. The van der Waals surface area contributed by atoms with Gasteiger partial charge in [0.15, 0.2) is 0 Å². The van der Waals surface area contributed by atoms with Crippen LogP contribution in [-0.2, 0) is 4.79 Å². The number of fused-ring (bicyclic) bond motifs is 1. The predicted molar refractivity (Wildman–Crippen MR) is 65.4 cm³/mol. The van der Waals surface area contributed by atoms with Crippen LogP contribution in [0.15, 0.2) is 18.2 Å². The van der Waals surface area contributed by atoms with E-state index in [1.54, 1.807) is 0 Å². The van der Waals surface area contributed by atoms with Crippen molar-refractivity contribution in [3.05, 3.63) is 39.4 Å². The van der Waals surface area contributed by atoms with Gasteiger partial charge in [0.1, 0.15) is 11.6 Å². The Bertz CT molecular complexity index is 642. The maximum atomic E-state index is 12.2. The molecule has 104 valence electrons. The van der Waals surface area contributed by atoms with E-state index in [0.29, 0.717) is 4.90 Å². The van der Waals surface area contributed by atoms with E-state index in [0.717, 1.165) is 6.07 Å². The molecular weight excluding hydrogens is 268 g/mol. The van der Waals surface area contributed by atoms with Gasteiger partial charge in [-0.3, -0.25) is 34.8 Å². The third-order valence-electron chi connectivity index (χ3n) is 3.03. The number of nitro groups is 1. The fourth-order valence-corrected chi connectivity index (χ4v) is 2.03. The normalized spacial score (nSPS) is 15.0. The lowest BCUT2D eigenvalue weighted by atomic mass is 10.1. The van der Waals surface area contributed by atoms with Gasteiger partial charge in [0, 0.05) is 6.07 Å². The van der Waals surface area contributed by atoms with E-state index in [4.69, 9.17) is 5.84 Å². The first-order valence-electron chi connectivity index (χ1n) is 5.56. The van der Waals surface area contributed by atoms with Crippen LogP contribution in [0.2, 0.25) is 0 Å². The second-order valence-corrected chi connectivity index (χ2v) is 4.12. The molecule has 1 aromatic rings. The standard InChI is InChI=1S/C11H10N4O5/c1-5(9(16)13-12)14-10(17)6-3-2-4-7(15(19)20)8(6)11(14)18/h2-5H,12H2,1H3,(H,13,16). The molecule has 0 aliphatic carbocycles. The Balaban J connectivity index is 2.53. The summed E-state index contributed by atoms with van der Waals surface area (Å²) in [5.41, 5.74) is 0.956. The van der Waals surface area contributed by atoms with Crippen molar-refractivity contribution in [3.8, 4) is 0 Å². The summed E-state index contributed by atoms with van der Waals surface area (Å²) in [6, 6.07) is 2.57. The molecule has 1 atom stereocenters. The van der Waals surface area contributed by atoms with Crippen molar-refractivity contribution in [2.75, 3.05) is 0 Å². The van der Waals surface area contributed by atoms with Crippen LogP contribution in [0.3, 0.4) is 0 Å². The average Bonchev–Trinajstić information content (AvgIpc) is 2.69. The number of amides is 3. The van der Waals surface area contributed by atoms with E-state index in [1.807, 2.05) is 5.43 Å². The fraction of sp³-hybridized carbons (Fsp3) is 0.182. The molecule has 2 rings (SSSR count). The van der Waals surface area contributed by atoms with Gasteiger partial charge in [-0.25, -0.2) is 5.84 Å². The summed E-state index contributed by atoms with van der Waals surface area (Å²) < 4.78 is 0. The number of carbonyl (C=O) groups is 3. The first kappa shape index (κ1) is 13.6. The molecule has 1 aliphatic rings. The summed E-state index contributed by atoms with van der Waals surface area (Å²) in [4.78, 5) is 46.5. The van der Waals surface area contributed by atoms with Crippen LogP contribution in [0.25, 0.3) is 0 Å². The predicted octanol–water partition coefficient (Wildman–Crippen LogP) is -0.431. The summed E-state index contributed by atoms with van der Waals surface area (Å²) in [7, 11) is 0. The molecule has 3 amide bonds. The van der Waals surface area contributed by atoms with Crippen LogP contribution in [0.5, 0.6) is 0 Å². The summed E-state index contributed by atoms with van der Waals surface area (Å²) in [5.74, 6) is 2.57. The maximum Gasteiger partial charge on any atom is 0.282 e. The number of nitrogens with two attached hydrogens (primary N) is 1. The Kier molecular flexibility index (Phi) is 3.20. The van der Waals surface area contributed by atoms with Gasteiger partial charge in [-0.1, -0.05) is 6.07 Å². The van der Waals surface area contributed by atoms with Crippen molar-refractivity contribution < 1.29 is 19.3 Å². The molecule has 0 saturated heterocycles. The van der Waals surface area contributed by atoms with Crippen molar-refractivity contribution in [1.29, 1.82) is 0 Å². The lowest BCUT2D eigenvalue weighted by Gasteiger charge is -2.20. The average molecular weight is 278 g/mol. The highest BCUT2D eigenvalue weighted by Crippen LogP contribution is 2.31. The molecule has 1 aliphatic heterocycles. The Labute approximate surface area is 112 Å². The molecule has 1 unspecified atom stereocenters. The number of carbonyl (C=O) groups excluding carboxylic acids is 3. The number of nitrogens with zero attached hydrogens (tertiary/aromatic N) is 2. The molecule has 0 aromatic heterocycles. The number of hydrazine groups is 1. The summed E-state index contributed by atoms with van der Waals surface area (Å²) in [5, 5.41) is 10.9. The zero-order chi connectivity index (χ0) is 15.0. The SMILES string of the molecule is CC(C(=O)NN)N1C(=O)c2cccc([N+](=O)[O-])c2C1=O. The summed E-state index contributed by atoms with van der Waals surface area (Å²) in [6.07, 6.45) is 0. The van der Waals surface area contributed by atoms with Gasteiger partial charge < -0.3 is 0 Å². The molecule has 0 fully saturated rings. The molecule has 9 heteroatoms. The van der Waals surface area contributed by atoms with Crippen LogP contribution in [-0.4, -0.2) is 33.6 Å². The topological polar surface area (TPSA) is 136 Å². The first-order chi connectivity index (χ1) is 9.40. The largest absolute Gasteiger partial charge is 0.292 e. The molecule has 0 bridgehead atoms. The number of benzene rings is 1. The van der Waals surface area contributed by atoms with E-state index in [-0.39, 0.29) is 11.1 Å². The van der Waals surface area contributed by atoms with E-state index in [1.165, 1.54) is 19.1 Å². The van der Waals surface area contributed by atoms with Gasteiger partial charge in [-0.15, -0.1) is 0 Å². The molecule has 20 heavy (non-hydrogen) atoms. The van der Waals surface area contributed by atoms with Gasteiger partial charge in [0.05, 0.1) is 10.5 Å². The second-order valence-electron chi connectivity index (χ2n) is 4.12. The molecule has 1 aromatic carbocycles. The van der Waals surface area contributed by atoms with E-state index < -0.39 is 34.4 Å². The van der Waals surface area contributed by atoms with Gasteiger partial charge in [0.2, 0.25) is 0 Å². The van der Waals surface area contributed by atoms with Crippen molar-refractivity contribution in [1.82, 2.24) is 10.3 Å². The van der Waals surface area contributed by atoms with Crippen LogP contribution in [0.1, 0.15) is 27.6 Å². The van der Waals surface area contributed by atoms with Crippen molar-refractivity contribution in [2.24, 2.45) is 5.84 Å². The van der Waals surface area contributed by atoms with Crippen LogP contribution in [0.4, 0.5) is 5.69 Å². The Hall–Kier alpha value is -2.81. The van der Waals surface area contributed by atoms with Gasteiger partial charge in [-0.2, -0.15) is 0 Å². The Morgan fingerprint density at radius 1 is 1.40 bits per heavy atom. The molecule has 0 spiro atoms. The minimum absolute atomic E-state index is 0.0964. The highest BCUT2D eigenvalue weighted by molar-refractivity contribution is 6.24. The lowest BCUT2D eigenvalue weighted by molar-refractivity contribution is -0.385. The number of hydrogen-bond donors (Lipinski definition) is 2. The third-order valence-corrected chi connectivity index (χ3v) is 3.03. The zero-order valence-corrected chi connectivity index (χ0v) is 10.3. The molecule has 1 heterocycles. The van der Waals surface area contributed by atoms with Crippen LogP contribution in [0, 0.1) is 10.1 Å². The number of rotatable bonds is 3. The third kappa shape index (κ3) is 1.80. The van der Waals surface area contributed by atoms with E-state index in [2.05, 4.69) is 0 Å². The first-order valence-corrected chi connectivity index (χ1v) is 5.56. The van der Waals surface area contributed by atoms with Crippen molar-refractivity contribution >= 4 is 23.4 Å². The van der Waals surface area contributed by atoms with E-state index >= 15 is 0 Å². The maximum absolute atomic E-state index is 12.2. The quantitative estimate of drug-likeness (QED) is 0.253. The monoisotopic (exact) mass is 278 g/mol. The second kappa shape index (κ2) is 4.70. The van der Waals surface area contributed by atoms with Crippen molar-refractivity contribution in [3.63, 3.8) is 0 Å². The molecule has 0 saturated carbocycles. The van der Waals surface area contributed by atoms with E-state index in [9.17, 15) is 24.5 Å². The number of imide groups is 1. The zero-order valence-electron chi connectivity index (χ0n) is 10.3. The molecule has 3 N–H and O–H groups in total. The number of nitrogens with one attached hydrogen (secondary N) is 1. The minimum Gasteiger partial charge on any atom is -0.292 e. The highest BCUT2D eigenvalue weighted by atomic mass is 16.6. The fourth-order valence-electron chi connectivity index (χ4n) is 2.03. The minimum atomic E-state index is -1.16. The number of nitro benzene ring substituents is 1. The van der Waals surface area contributed by atoms with Gasteiger partial charge >= 0.3 is 0 Å². The van der Waals surface area contributed by atoms with Gasteiger partial charge in [-0.05, 0) is 13.0 Å². The summed E-state index contributed by atoms with van der Waals surface area (Å²) >= 11 is 0. The Morgan fingerprint density at radius 2 is 2.05 bits per heavy atom. The van der Waals surface area contributed by atoms with Gasteiger partial charge in [0.25, 0.3) is 23.4 Å². The highest BCUT2D eigenvalue weighted by Gasteiger charge is 2.44. The molecule has 9 nitrogen and oxygen atoms in total. The molecular formula is C11H10N4O5. The number of hydrogen-bond acceptors (Lipinski definition) is 6. The van der Waals surface area contributed by atoms with Crippen LogP contribution >= 0.6 is 0 Å². The Morgan fingerprint density at radius 3 is 2.60 bits per heavy atom. The summed E-state index contributed by atoms with van der Waals surface area (Å²) in [6.45, 7) is 1.30. The smallest absolute Gasteiger partial charge is 0.282 e.